The van der Waals surface area contributed by atoms with Gasteiger partial charge in [-0.05, 0) is 58.3 Å². The van der Waals surface area contributed by atoms with Gasteiger partial charge in [0.2, 0.25) is 0 Å². The topological polar surface area (TPSA) is 67.9 Å². The van der Waals surface area contributed by atoms with E-state index in [-0.39, 0.29) is 24.0 Å². The number of carbonyl (C=O) groups excluding carboxylic acids is 2. The third-order valence-corrected chi connectivity index (χ3v) is 5.58. The van der Waals surface area contributed by atoms with Gasteiger partial charge in [0, 0.05) is 25.2 Å². The van der Waals surface area contributed by atoms with Crippen LogP contribution >= 0.6 is 0 Å². The summed E-state index contributed by atoms with van der Waals surface area (Å²) >= 11 is 0. The Labute approximate surface area is 144 Å². The highest BCUT2D eigenvalue weighted by Gasteiger charge is 2.60. The molecule has 0 radical (unpaired) electrons. The van der Waals surface area contributed by atoms with E-state index < -0.39 is 5.60 Å². The summed E-state index contributed by atoms with van der Waals surface area (Å²) in [6.45, 7) is 7.63. The Morgan fingerprint density at radius 3 is 2.38 bits per heavy atom. The van der Waals surface area contributed by atoms with Crippen molar-refractivity contribution in [2.75, 3.05) is 20.2 Å². The second-order valence-corrected chi connectivity index (χ2v) is 8.49. The number of nitrogens with one attached hydrogen (secondary N) is 1. The van der Waals surface area contributed by atoms with Crippen molar-refractivity contribution in [2.24, 2.45) is 17.8 Å². The van der Waals surface area contributed by atoms with Gasteiger partial charge in [-0.25, -0.2) is 4.79 Å². The maximum absolute atomic E-state index is 12.0. The highest BCUT2D eigenvalue weighted by molar-refractivity contribution is 5.76. The minimum Gasteiger partial charge on any atom is -0.469 e. The Hall–Kier alpha value is -1.30. The van der Waals surface area contributed by atoms with Gasteiger partial charge in [-0.1, -0.05) is 0 Å². The summed E-state index contributed by atoms with van der Waals surface area (Å²) in [7, 11) is 1.47. The summed E-state index contributed by atoms with van der Waals surface area (Å²) in [6, 6.07) is 0.691. The van der Waals surface area contributed by atoms with Crippen molar-refractivity contribution in [3.8, 4) is 0 Å². The van der Waals surface area contributed by atoms with Crippen molar-refractivity contribution in [1.82, 2.24) is 10.2 Å². The van der Waals surface area contributed by atoms with E-state index in [0.717, 1.165) is 32.4 Å². The maximum Gasteiger partial charge on any atom is 0.407 e. The van der Waals surface area contributed by atoms with E-state index in [1.54, 1.807) is 0 Å². The van der Waals surface area contributed by atoms with Gasteiger partial charge in [0.1, 0.15) is 5.60 Å². The minimum absolute atomic E-state index is 0.0437. The molecule has 0 spiro atoms. The quantitative estimate of drug-likeness (QED) is 0.799. The fraction of sp³-hybridized carbons (Fsp3) is 0.889. The molecule has 6 nitrogen and oxygen atoms in total. The van der Waals surface area contributed by atoms with Gasteiger partial charge in [-0.15, -0.1) is 0 Å². The molecular weight excluding hydrogens is 308 g/mol. The van der Waals surface area contributed by atoms with E-state index in [9.17, 15) is 9.59 Å². The number of methoxy groups -OCH3 is 1. The van der Waals surface area contributed by atoms with Crippen molar-refractivity contribution in [2.45, 2.75) is 64.1 Å². The lowest BCUT2D eigenvalue weighted by atomic mass is 9.90. The van der Waals surface area contributed by atoms with E-state index in [1.807, 2.05) is 20.8 Å². The van der Waals surface area contributed by atoms with E-state index in [1.165, 1.54) is 13.5 Å². The van der Waals surface area contributed by atoms with Gasteiger partial charge in [0.15, 0.2) is 0 Å². The summed E-state index contributed by atoms with van der Waals surface area (Å²) in [5.74, 6) is 1.05. The summed E-state index contributed by atoms with van der Waals surface area (Å²) in [6.07, 6.45) is 3.97. The molecule has 3 rings (SSSR count). The largest absolute Gasteiger partial charge is 0.469 e. The predicted octanol–water partition coefficient (Wildman–Crippen LogP) is 2.17. The number of fused-ring (bicyclic) bond motifs is 1. The number of likely N-dealkylation sites (tertiary alicyclic amines) is 1. The number of esters is 1. The lowest BCUT2D eigenvalue weighted by Gasteiger charge is -2.36. The molecule has 4 unspecified atom stereocenters. The molecule has 6 heteroatoms. The van der Waals surface area contributed by atoms with Crippen LogP contribution in [0.5, 0.6) is 0 Å². The average molecular weight is 338 g/mol. The number of piperidine rings is 1. The van der Waals surface area contributed by atoms with Crippen LogP contribution < -0.4 is 5.32 Å². The third-order valence-electron chi connectivity index (χ3n) is 5.58. The molecule has 2 aliphatic carbocycles. The molecule has 3 aliphatic rings. The maximum atomic E-state index is 12.0. The molecule has 1 heterocycles. The monoisotopic (exact) mass is 338 g/mol. The van der Waals surface area contributed by atoms with Crippen LogP contribution in [-0.2, 0) is 14.3 Å². The van der Waals surface area contributed by atoms with Gasteiger partial charge in [-0.2, -0.15) is 0 Å². The van der Waals surface area contributed by atoms with Crippen LogP contribution in [0.2, 0.25) is 0 Å². The van der Waals surface area contributed by atoms with Crippen molar-refractivity contribution in [3.63, 3.8) is 0 Å². The molecule has 0 aromatic rings. The van der Waals surface area contributed by atoms with Crippen molar-refractivity contribution in [1.29, 1.82) is 0 Å². The summed E-state index contributed by atoms with van der Waals surface area (Å²) in [5.41, 5.74) is -0.461. The van der Waals surface area contributed by atoms with Crippen molar-refractivity contribution in [3.05, 3.63) is 0 Å². The molecule has 0 bridgehead atoms. The number of amides is 1. The van der Waals surface area contributed by atoms with Crippen molar-refractivity contribution >= 4 is 12.1 Å². The number of hydrogen-bond acceptors (Lipinski definition) is 5. The second-order valence-electron chi connectivity index (χ2n) is 8.49. The van der Waals surface area contributed by atoms with Crippen LogP contribution in [0.15, 0.2) is 0 Å². The predicted molar refractivity (Wildman–Crippen MR) is 89.5 cm³/mol. The number of hydrogen-bond donors (Lipinski definition) is 1. The zero-order valence-electron chi connectivity index (χ0n) is 15.2. The van der Waals surface area contributed by atoms with E-state index >= 15 is 0 Å². The zero-order chi connectivity index (χ0) is 17.5. The number of alkyl carbamates (subject to hydrolysis) is 1. The molecule has 1 amide bonds. The average Bonchev–Trinajstić information content (AvgIpc) is 2.98. The van der Waals surface area contributed by atoms with Crippen LogP contribution in [0.25, 0.3) is 0 Å². The van der Waals surface area contributed by atoms with Crippen LogP contribution in [0, 0.1) is 17.8 Å². The first-order valence-corrected chi connectivity index (χ1v) is 9.10. The van der Waals surface area contributed by atoms with Crippen molar-refractivity contribution < 1.29 is 19.1 Å². The van der Waals surface area contributed by atoms with E-state index in [2.05, 4.69) is 10.2 Å². The molecule has 3 fully saturated rings. The molecule has 0 aromatic carbocycles. The first kappa shape index (κ1) is 17.5. The second kappa shape index (κ2) is 6.54. The van der Waals surface area contributed by atoms with Gasteiger partial charge < -0.3 is 14.8 Å². The first-order chi connectivity index (χ1) is 11.3. The van der Waals surface area contributed by atoms with Crippen LogP contribution in [0.4, 0.5) is 4.79 Å². The smallest absolute Gasteiger partial charge is 0.407 e. The molecule has 4 atom stereocenters. The number of carbonyl (C=O) groups is 2. The Morgan fingerprint density at radius 1 is 1.12 bits per heavy atom. The minimum atomic E-state index is -0.461. The Bertz CT molecular complexity index is 490. The number of rotatable bonds is 3. The molecule has 2 saturated carbocycles. The van der Waals surface area contributed by atoms with E-state index in [4.69, 9.17) is 9.47 Å². The molecule has 1 N–H and O–H groups in total. The normalized spacial score (nSPS) is 35.9. The Kier molecular flexibility index (Phi) is 4.78. The zero-order valence-corrected chi connectivity index (χ0v) is 15.2. The Balaban J connectivity index is 1.46. The van der Waals surface area contributed by atoms with Gasteiger partial charge in [0.25, 0.3) is 0 Å². The lowest BCUT2D eigenvalue weighted by molar-refractivity contribution is -0.143. The lowest BCUT2D eigenvalue weighted by Crippen LogP contribution is -2.47. The molecule has 1 aliphatic heterocycles. The van der Waals surface area contributed by atoms with Crippen LogP contribution in [-0.4, -0.2) is 54.8 Å². The standard InChI is InChI=1S/C18H30N2O4/c1-18(2,3)24-17(22)19-11-6-5-7-12(8-11)20-9-13-14(10-20)15(13)16(21)23-4/h11-15H,5-10H2,1-4H3,(H,19,22). The third kappa shape index (κ3) is 3.85. The van der Waals surface area contributed by atoms with Crippen LogP contribution in [0.3, 0.4) is 0 Å². The summed E-state index contributed by atoms with van der Waals surface area (Å²) in [4.78, 5) is 26.1. The molecule has 1 saturated heterocycles. The highest BCUT2D eigenvalue weighted by atomic mass is 16.6. The van der Waals surface area contributed by atoms with E-state index in [0.29, 0.717) is 17.9 Å². The Morgan fingerprint density at radius 2 is 1.79 bits per heavy atom. The first-order valence-electron chi connectivity index (χ1n) is 9.10. The summed E-state index contributed by atoms with van der Waals surface area (Å²) < 4.78 is 10.2. The fourth-order valence-corrected chi connectivity index (χ4v) is 4.44. The molecule has 136 valence electrons. The van der Waals surface area contributed by atoms with Gasteiger partial charge in [-0.3, -0.25) is 9.69 Å². The number of nitrogens with zero attached hydrogens (tertiary/aromatic N) is 1. The molecule has 24 heavy (non-hydrogen) atoms. The summed E-state index contributed by atoms with van der Waals surface area (Å²) in [5, 5.41) is 3.03. The number of ether oxygens (including phenoxy) is 2. The SMILES string of the molecule is COC(=O)C1C2CN(C3CCCC(NC(=O)OC(C)(C)C)C3)CC21. The highest BCUT2D eigenvalue weighted by Crippen LogP contribution is 2.53. The fourth-order valence-electron chi connectivity index (χ4n) is 4.44. The van der Waals surface area contributed by atoms with Gasteiger partial charge >= 0.3 is 12.1 Å². The van der Waals surface area contributed by atoms with Crippen LogP contribution in [0.1, 0.15) is 46.5 Å². The molecular formula is C18H30N2O4. The van der Waals surface area contributed by atoms with Gasteiger partial charge in [0.05, 0.1) is 13.0 Å². The molecule has 0 aromatic heterocycles.